The van der Waals surface area contributed by atoms with Crippen molar-refractivity contribution in [3.8, 4) is 5.75 Å². The van der Waals surface area contributed by atoms with Gasteiger partial charge in [0.05, 0.1) is 6.04 Å². The largest absolute Gasteiger partial charge is 0.483 e. The Morgan fingerprint density at radius 3 is 2.45 bits per heavy atom. The van der Waals surface area contributed by atoms with Gasteiger partial charge >= 0.3 is 5.97 Å². The lowest BCUT2D eigenvalue weighted by atomic mass is 10.1. The van der Waals surface area contributed by atoms with Crippen molar-refractivity contribution in [1.82, 2.24) is 4.90 Å². The predicted octanol–water partition coefficient (Wildman–Crippen LogP) is 5.52. The quantitative estimate of drug-likeness (QED) is 0.504. The molecule has 0 spiro atoms. The van der Waals surface area contributed by atoms with Crippen LogP contribution < -0.4 is 4.74 Å². The summed E-state index contributed by atoms with van der Waals surface area (Å²) in [6, 6.07) is 21.7. The van der Waals surface area contributed by atoms with Gasteiger partial charge in [-0.25, -0.2) is 4.79 Å². The number of halogens is 1. The molecule has 6 heteroatoms. The molecule has 0 aromatic heterocycles. The molecule has 0 heterocycles. The number of aromatic carboxylic acids is 1. The second-order valence-corrected chi connectivity index (χ2v) is 7.77. The fraction of sp³-hybridized carbons (Fsp3) is 0.200. The van der Waals surface area contributed by atoms with Crippen molar-refractivity contribution >= 4 is 23.5 Å². The fourth-order valence-corrected chi connectivity index (χ4v) is 3.55. The van der Waals surface area contributed by atoms with Crippen LogP contribution >= 0.6 is 11.6 Å². The van der Waals surface area contributed by atoms with Gasteiger partial charge in [-0.2, -0.15) is 0 Å². The van der Waals surface area contributed by atoms with Crippen molar-refractivity contribution < 1.29 is 19.4 Å². The van der Waals surface area contributed by atoms with Gasteiger partial charge in [0.15, 0.2) is 6.61 Å². The van der Waals surface area contributed by atoms with Crippen molar-refractivity contribution in [1.29, 1.82) is 0 Å². The van der Waals surface area contributed by atoms with Crippen LogP contribution in [0.1, 0.15) is 40.0 Å². The van der Waals surface area contributed by atoms with E-state index in [1.165, 1.54) is 6.07 Å². The predicted molar refractivity (Wildman–Crippen MR) is 120 cm³/mol. The Kier molecular flexibility index (Phi) is 7.32. The minimum absolute atomic E-state index is 0.0240. The molecule has 0 aliphatic rings. The number of carboxylic acid groups (broad SMARTS) is 1. The molecule has 1 N–H and O–H groups in total. The topological polar surface area (TPSA) is 66.8 Å². The molecule has 0 bridgehead atoms. The molecule has 0 aliphatic heterocycles. The van der Waals surface area contributed by atoms with Crippen molar-refractivity contribution in [2.75, 3.05) is 6.61 Å². The van der Waals surface area contributed by atoms with Crippen LogP contribution in [-0.2, 0) is 11.3 Å². The molecular weight excluding hydrogens is 414 g/mol. The third-order valence-corrected chi connectivity index (χ3v) is 5.27. The summed E-state index contributed by atoms with van der Waals surface area (Å²) >= 11 is 6.12. The van der Waals surface area contributed by atoms with Crippen molar-refractivity contribution in [3.63, 3.8) is 0 Å². The molecule has 3 aromatic rings. The number of nitrogens with zero attached hydrogens (tertiary/aromatic N) is 1. The lowest BCUT2D eigenvalue weighted by Gasteiger charge is -2.30. The monoisotopic (exact) mass is 437 g/mol. The average molecular weight is 438 g/mol. The number of carbonyl (C=O) groups excluding carboxylic acids is 1. The first kappa shape index (κ1) is 22.4. The van der Waals surface area contributed by atoms with E-state index in [1.807, 2.05) is 62.4 Å². The summed E-state index contributed by atoms with van der Waals surface area (Å²) in [5.41, 5.74) is 2.75. The summed E-state index contributed by atoms with van der Waals surface area (Å²) in [6.45, 7) is 3.86. The van der Waals surface area contributed by atoms with Crippen LogP contribution in [0.4, 0.5) is 0 Å². The van der Waals surface area contributed by atoms with E-state index in [1.54, 1.807) is 23.1 Å². The number of carbonyl (C=O) groups is 2. The highest BCUT2D eigenvalue weighted by atomic mass is 35.5. The summed E-state index contributed by atoms with van der Waals surface area (Å²) in [5.74, 6) is -1.18. The van der Waals surface area contributed by atoms with Crippen molar-refractivity contribution in [2.24, 2.45) is 0 Å². The van der Waals surface area contributed by atoms with Crippen LogP contribution in [0.25, 0.3) is 0 Å². The first-order chi connectivity index (χ1) is 14.8. The van der Waals surface area contributed by atoms with Crippen LogP contribution in [0.2, 0.25) is 5.02 Å². The lowest BCUT2D eigenvalue weighted by Crippen LogP contribution is -2.36. The highest BCUT2D eigenvalue weighted by molar-refractivity contribution is 6.30. The minimum atomic E-state index is -1.10. The molecule has 5 nitrogen and oxygen atoms in total. The second kappa shape index (κ2) is 10.1. The van der Waals surface area contributed by atoms with E-state index >= 15 is 0 Å². The first-order valence-electron chi connectivity index (χ1n) is 9.90. The molecule has 0 unspecified atom stereocenters. The Labute approximate surface area is 186 Å². The van der Waals surface area contributed by atoms with Gasteiger partial charge in [0, 0.05) is 11.6 Å². The zero-order chi connectivity index (χ0) is 22.4. The van der Waals surface area contributed by atoms with Gasteiger partial charge < -0.3 is 14.7 Å². The third-order valence-electron chi connectivity index (χ3n) is 5.03. The smallest absolute Gasteiger partial charge is 0.339 e. The Morgan fingerprint density at radius 1 is 1.03 bits per heavy atom. The Morgan fingerprint density at radius 2 is 1.77 bits per heavy atom. The molecule has 31 heavy (non-hydrogen) atoms. The Bertz CT molecular complexity index is 1070. The molecule has 160 valence electrons. The molecule has 3 rings (SSSR count). The normalized spacial score (nSPS) is 11.6. The van der Waals surface area contributed by atoms with Gasteiger partial charge in [0.2, 0.25) is 0 Å². The molecule has 0 saturated carbocycles. The van der Waals surface area contributed by atoms with Crippen LogP contribution in [-0.4, -0.2) is 28.5 Å². The Hall–Kier alpha value is -3.31. The van der Waals surface area contributed by atoms with Crippen molar-refractivity contribution in [2.45, 2.75) is 26.4 Å². The number of amides is 1. The van der Waals surface area contributed by atoms with Crippen LogP contribution in [0, 0.1) is 6.92 Å². The number of aryl methyl sites for hydroxylation is 1. The molecule has 0 aliphatic carbocycles. The maximum atomic E-state index is 13.2. The van der Waals surface area contributed by atoms with Gasteiger partial charge in [-0.15, -0.1) is 0 Å². The number of hydrogen-bond donors (Lipinski definition) is 1. The summed E-state index contributed by atoms with van der Waals surface area (Å²) in [7, 11) is 0. The number of carboxylic acids is 1. The summed E-state index contributed by atoms with van der Waals surface area (Å²) in [5, 5.41) is 10.00. The van der Waals surface area contributed by atoms with Crippen LogP contribution in [0.15, 0.2) is 72.8 Å². The number of hydrogen-bond acceptors (Lipinski definition) is 3. The van der Waals surface area contributed by atoms with Crippen LogP contribution in [0.3, 0.4) is 0 Å². The first-order valence-corrected chi connectivity index (χ1v) is 10.3. The average Bonchev–Trinajstić information content (AvgIpc) is 2.76. The molecule has 1 atom stereocenters. The number of ether oxygens (including phenoxy) is 1. The summed E-state index contributed by atoms with van der Waals surface area (Å²) in [4.78, 5) is 26.4. The van der Waals surface area contributed by atoms with E-state index in [4.69, 9.17) is 16.3 Å². The zero-order valence-corrected chi connectivity index (χ0v) is 18.2. The van der Waals surface area contributed by atoms with Crippen molar-refractivity contribution in [3.05, 3.63) is 100 Å². The Balaban J connectivity index is 1.84. The van der Waals surface area contributed by atoms with E-state index in [9.17, 15) is 14.7 Å². The SMILES string of the molecule is Cc1ccc(C(=O)O)c(OCC(=O)N(Cc2cccc(Cl)c2)[C@@H](C)c2ccccc2)c1. The van der Waals surface area contributed by atoms with Gasteiger partial charge in [0.25, 0.3) is 5.91 Å². The van der Waals surface area contributed by atoms with E-state index < -0.39 is 5.97 Å². The number of rotatable bonds is 8. The van der Waals surface area contributed by atoms with Gasteiger partial charge in [-0.3, -0.25) is 4.79 Å². The van der Waals surface area contributed by atoms with Gasteiger partial charge in [-0.05, 0) is 54.8 Å². The zero-order valence-electron chi connectivity index (χ0n) is 17.4. The van der Waals surface area contributed by atoms with E-state index in [0.29, 0.717) is 11.6 Å². The molecule has 3 aromatic carbocycles. The highest BCUT2D eigenvalue weighted by Gasteiger charge is 2.23. The van der Waals surface area contributed by atoms with E-state index in [2.05, 4.69) is 0 Å². The maximum Gasteiger partial charge on any atom is 0.339 e. The molecule has 0 fully saturated rings. The van der Waals surface area contributed by atoms with Gasteiger partial charge in [-0.1, -0.05) is 60.1 Å². The van der Waals surface area contributed by atoms with E-state index in [0.717, 1.165) is 16.7 Å². The number of benzene rings is 3. The molecular formula is C25H24ClNO4. The molecule has 1 amide bonds. The summed E-state index contributed by atoms with van der Waals surface area (Å²) < 4.78 is 5.67. The molecule has 0 saturated heterocycles. The molecule has 0 radical (unpaired) electrons. The minimum Gasteiger partial charge on any atom is -0.483 e. The highest BCUT2D eigenvalue weighted by Crippen LogP contribution is 2.25. The van der Waals surface area contributed by atoms with E-state index in [-0.39, 0.29) is 29.9 Å². The third kappa shape index (κ3) is 5.86. The second-order valence-electron chi connectivity index (χ2n) is 7.33. The fourth-order valence-electron chi connectivity index (χ4n) is 3.33. The van der Waals surface area contributed by atoms with Gasteiger partial charge in [0.1, 0.15) is 11.3 Å². The standard InChI is InChI=1S/C25H24ClNO4/c1-17-11-12-22(25(29)30)23(13-17)31-16-24(28)27(15-19-7-6-10-21(26)14-19)18(2)20-8-4-3-5-9-20/h3-14,18H,15-16H2,1-2H3,(H,29,30)/t18-/m0/s1. The maximum absolute atomic E-state index is 13.2. The summed E-state index contributed by atoms with van der Waals surface area (Å²) in [6.07, 6.45) is 0. The van der Waals surface area contributed by atoms with Crippen LogP contribution in [0.5, 0.6) is 5.75 Å². The lowest BCUT2D eigenvalue weighted by molar-refractivity contribution is -0.136.